The minimum absolute atomic E-state index is 0.705. The molecule has 0 aromatic rings. The van der Waals surface area contributed by atoms with Gasteiger partial charge in [0, 0.05) is 0 Å². The molecule has 0 nitrogen and oxygen atoms in total. The number of hydrogen-bond acceptors (Lipinski definition) is 0. The molecular formula is C16H28. The second kappa shape index (κ2) is 12.3. The zero-order valence-corrected chi connectivity index (χ0v) is 11.0. The molecule has 0 amide bonds. The number of allylic oxidation sites excluding steroid dienone is 4. The lowest BCUT2D eigenvalue weighted by Crippen LogP contribution is -1.95. The highest BCUT2D eigenvalue weighted by molar-refractivity contribution is 4.97. The van der Waals surface area contributed by atoms with Crippen LogP contribution in [0.1, 0.15) is 58.3 Å². The third-order valence-electron chi connectivity index (χ3n) is 2.99. The monoisotopic (exact) mass is 220 g/mol. The molecular weight excluding hydrogens is 192 g/mol. The molecule has 16 heavy (non-hydrogen) atoms. The molecule has 0 aliphatic carbocycles. The van der Waals surface area contributed by atoms with E-state index in [2.05, 4.69) is 32.2 Å². The summed E-state index contributed by atoms with van der Waals surface area (Å²) in [7, 11) is 0. The Hall–Kier alpha value is -0.780. The van der Waals surface area contributed by atoms with E-state index in [1.165, 1.54) is 44.9 Å². The second-order valence-corrected chi connectivity index (χ2v) is 4.44. The van der Waals surface area contributed by atoms with Crippen LogP contribution in [0.5, 0.6) is 0 Å². The highest BCUT2D eigenvalue weighted by Gasteiger charge is 2.02. The molecule has 0 rings (SSSR count). The summed E-state index contributed by atoms with van der Waals surface area (Å²) in [6.07, 6.45) is 18.8. The Morgan fingerprint density at radius 1 is 1.00 bits per heavy atom. The van der Waals surface area contributed by atoms with Gasteiger partial charge in [0.2, 0.25) is 0 Å². The van der Waals surface area contributed by atoms with Crippen LogP contribution in [0.2, 0.25) is 0 Å². The quantitative estimate of drug-likeness (QED) is 0.239. The fraction of sp³-hybridized carbons (Fsp3) is 0.625. The van der Waals surface area contributed by atoms with Gasteiger partial charge in [-0.15, -0.1) is 6.58 Å². The average molecular weight is 220 g/mol. The Morgan fingerprint density at radius 3 is 2.38 bits per heavy atom. The van der Waals surface area contributed by atoms with Gasteiger partial charge < -0.3 is 0 Å². The molecule has 0 aliphatic rings. The van der Waals surface area contributed by atoms with Gasteiger partial charge in [0.1, 0.15) is 0 Å². The van der Waals surface area contributed by atoms with Crippen molar-refractivity contribution in [2.24, 2.45) is 5.92 Å². The van der Waals surface area contributed by atoms with Gasteiger partial charge in [0.25, 0.3) is 0 Å². The number of unbranched alkanes of at least 4 members (excludes halogenated alkanes) is 4. The standard InChI is InChI=1S/C16H28/c1-4-7-9-11-13-15-16(6-3)14-12-10-8-5-2/h5-6,8,10,16H,2-4,7,9,11-15H2,1H3. The molecule has 1 atom stereocenters. The first-order valence-electron chi connectivity index (χ1n) is 6.75. The van der Waals surface area contributed by atoms with Gasteiger partial charge in [-0.2, -0.15) is 0 Å². The average Bonchev–Trinajstić information content (AvgIpc) is 2.31. The summed E-state index contributed by atoms with van der Waals surface area (Å²) in [6, 6.07) is 0. The summed E-state index contributed by atoms with van der Waals surface area (Å²) >= 11 is 0. The number of rotatable bonds is 11. The van der Waals surface area contributed by atoms with E-state index in [1.54, 1.807) is 0 Å². The van der Waals surface area contributed by atoms with E-state index in [-0.39, 0.29) is 0 Å². The topological polar surface area (TPSA) is 0 Å². The summed E-state index contributed by atoms with van der Waals surface area (Å²) < 4.78 is 0. The van der Waals surface area contributed by atoms with Crippen molar-refractivity contribution in [2.75, 3.05) is 0 Å². The molecule has 0 saturated carbocycles. The van der Waals surface area contributed by atoms with Crippen molar-refractivity contribution < 1.29 is 0 Å². The molecule has 0 spiro atoms. The van der Waals surface area contributed by atoms with E-state index < -0.39 is 0 Å². The summed E-state index contributed by atoms with van der Waals surface area (Å²) in [5.74, 6) is 0.705. The number of hydrogen-bond donors (Lipinski definition) is 0. The lowest BCUT2D eigenvalue weighted by Gasteiger charge is -2.10. The van der Waals surface area contributed by atoms with E-state index in [1.807, 2.05) is 12.2 Å². The maximum atomic E-state index is 3.93. The maximum Gasteiger partial charge on any atom is -0.0233 e. The molecule has 92 valence electrons. The van der Waals surface area contributed by atoms with Crippen molar-refractivity contribution in [1.29, 1.82) is 0 Å². The highest BCUT2D eigenvalue weighted by atomic mass is 14.1. The van der Waals surface area contributed by atoms with Crippen LogP contribution in [0.3, 0.4) is 0 Å². The fourth-order valence-corrected chi connectivity index (χ4v) is 1.89. The van der Waals surface area contributed by atoms with Crippen molar-refractivity contribution in [1.82, 2.24) is 0 Å². The van der Waals surface area contributed by atoms with E-state index >= 15 is 0 Å². The van der Waals surface area contributed by atoms with E-state index in [0.29, 0.717) is 5.92 Å². The molecule has 0 aromatic heterocycles. The molecule has 0 bridgehead atoms. The summed E-state index contributed by atoms with van der Waals surface area (Å²) in [4.78, 5) is 0. The van der Waals surface area contributed by atoms with Crippen LogP contribution in [0.15, 0.2) is 37.5 Å². The van der Waals surface area contributed by atoms with Crippen LogP contribution >= 0.6 is 0 Å². The predicted molar refractivity (Wildman–Crippen MR) is 75.6 cm³/mol. The maximum absolute atomic E-state index is 3.93. The minimum Gasteiger partial charge on any atom is -0.103 e. The molecule has 0 aromatic carbocycles. The van der Waals surface area contributed by atoms with Crippen molar-refractivity contribution in [3.05, 3.63) is 37.5 Å². The highest BCUT2D eigenvalue weighted by Crippen LogP contribution is 2.17. The third-order valence-corrected chi connectivity index (χ3v) is 2.99. The Bertz CT molecular complexity index is 188. The van der Waals surface area contributed by atoms with Crippen molar-refractivity contribution in [2.45, 2.75) is 58.3 Å². The Morgan fingerprint density at radius 2 is 1.75 bits per heavy atom. The molecule has 1 unspecified atom stereocenters. The largest absolute Gasteiger partial charge is 0.103 e. The first-order chi connectivity index (χ1) is 7.85. The van der Waals surface area contributed by atoms with Crippen LogP contribution in [0.4, 0.5) is 0 Å². The summed E-state index contributed by atoms with van der Waals surface area (Å²) in [6.45, 7) is 9.86. The van der Waals surface area contributed by atoms with Crippen LogP contribution in [0, 0.1) is 5.92 Å². The second-order valence-electron chi connectivity index (χ2n) is 4.44. The molecule has 0 saturated heterocycles. The van der Waals surface area contributed by atoms with Crippen LogP contribution in [0.25, 0.3) is 0 Å². The van der Waals surface area contributed by atoms with E-state index in [9.17, 15) is 0 Å². The first kappa shape index (κ1) is 15.2. The molecule has 0 N–H and O–H groups in total. The molecule has 0 heterocycles. The molecule has 0 aliphatic heterocycles. The van der Waals surface area contributed by atoms with Gasteiger partial charge in [-0.1, -0.05) is 69.9 Å². The van der Waals surface area contributed by atoms with E-state index in [4.69, 9.17) is 0 Å². The summed E-state index contributed by atoms with van der Waals surface area (Å²) in [5, 5.41) is 0. The van der Waals surface area contributed by atoms with Gasteiger partial charge in [-0.25, -0.2) is 0 Å². The van der Waals surface area contributed by atoms with E-state index in [0.717, 1.165) is 6.42 Å². The van der Waals surface area contributed by atoms with Gasteiger partial charge >= 0.3 is 0 Å². The third kappa shape index (κ3) is 9.76. The van der Waals surface area contributed by atoms with Crippen molar-refractivity contribution >= 4 is 0 Å². The predicted octanol–water partition coefficient (Wildman–Crippen LogP) is 5.67. The minimum atomic E-state index is 0.705. The molecule has 0 radical (unpaired) electrons. The molecule has 0 fully saturated rings. The van der Waals surface area contributed by atoms with Crippen molar-refractivity contribution in [3.8, 4) is 0 Å². The Balaban J connectivity index is 3.47. The van der Waals surface area contributed by atoms with Gasteiger partial charge in [-0.05, 0) is 25.2 Å². The van der Waals surface area contributed by atoms with Gasteiger partial charge in [0.05, 0.1) is 0 Å². The lowest BCUT2D eigenvalue weighted by atomic mass is 9.96. The van der Waals surface area contributed by atoms with Crippen LogP contribution < -0.4 is 0 Å². The first-order valence-corrected chi connectivity index (χ1v) is 6.75. The van der Waals surface area contributed by atoms with Gasteiger partial charge in [-0.3, -0.25) is 0 Å². The van der Waals surface area contributed by atoms with Crippen LogP contribution in [-0.2, 0) is 0 Å². The SMILES string of the molecule is C=CC=CCCC(C=C)CCCCCCC. The fourth-order valence-electron chi connectivity index (χ4n) is 1.89. The smallest absolute Gasteiger partial charge is 0.0233 e. The Kier molecular flexibility index (Phi) is 11.7. The molecule has 0 heteroatoms. The van der Waals surface area contributed by atoms with Crippen molar-refractivity contribution in [3.63, 3.8) is 0 Å². The summed E-state index contributed by atoms with van der Waals surface area (Å²) in [5.41, 5.74) is 0. The normalized spacial score (nSPS) is 12.8. The van der Waals surface area contributed by atoms with Crippen LogP contribution in [-0.4, -0.2) is 0 Å². The van der Waals surface area contributed by atoms with Gasteiger partial charge in [0.15, 0.2) is 0 Å². The zero-order chi connectivity index (χ0) is 12.1. The zero-order valence-electron chi connectivity index (χ0n) is 11.0. The lowest BCUT2D eigenvalue weighted by molar-refractivity contribution is 0.500. The Labute approximate surface area is 102 Å².